The number of aliphatic hydroxyl groups is 1. The molecule has 0 heterocycles. The van der Waals surface area contributed by atoms with Gasteiger partial charge in [-0.25, -0.2) is 4.79 Å². The molecule has 5 nitrogen and oxygen atoms in total. The Morgan fingerprint density at radius 2 is 2.12 bits per heavy atom. The van der Waals surface area contributed by atoms with E-state index in [-0.39, 0.29) is 6.61 Å². The highest BCUT2D eigenvalue weighted by molar-refractivity contribution is 6.35. The van der Waals surface area contributed by atoms with E-state index in [1.807, 2.05) is 0 Å². The predicted molar refractivity (Wildman–Crippen MR) is 56.7 cm³/mol. The molecule has 1 N–H and O–H groups in total. The molecule has 0 radical (unpaired) electrons. The molecule has 5 heteroatoms. The minimum atomic E-state index is -1.29. The quantitative estimate of drug-likeness (QED) is 0.355. The number of carbonyl (C=O) groups is 1. The zero-order valence-electron chi connectivity index (χ0n) is 8.83. The van der Waals surface area contributed by atoms with Gasteiger partial charge in [-0.15, -0.1) is 0 Å². The first kappa shape index (κ1) is 12.1. The number of nitrogens with zero attached hydrogens (tertiary/aromatic N) is 2. The molecule has 0 bridgehead atoms. The van der Waals surface area contributed by atoms with Crippen molar-refractivity contribution in [2.24, 2.45) is 0 Å². The van der Waals surface area contributed by atoms with Crippen molar-refractivity contribution in [3.63, 3.8) is 0 Å². The van der Waals surface area contributed by atoms with E-state index in [4.69, 9.17) is 5.53 Å². The number of carbonyl (C=O) groups excluding carboxylic acids is 1. The lowest BCUT2D eigenvalue weighted by atomic mass is 10.1. The molecule has 0 aliphatic carbocycles. The molecule has 16 heavy (non-hydrogen) atoms. The number of aliphatic hydroxyl groups excluding tert-OH is 1. The van der Waals surface area contributed by atoms with Gasteiger partial charge >= 0.3 is 11.7 Å². The maximum absolute atomic E-state index is 11.3. The van der Waals surface area contributed by atoms with Crippen molar-refractivity contribution >= 4 is 11.7 Å². The van der Waals surface area contributed by atoms with Gasteiger partial charge in [0, 0.05) is 0 Å². The van der Waals surface area contributed by atoms with Crippen LogP contribution in [0.3, 0.4) is 0 Å². The molecular formula is C11H12N2O3. The molecule has 1 rings (SSSR count). The van der Waals surface area contributed by atoms with E-state index in [1.165, 1.54) is 0 Å². The minimum Gasteiger partial charge on any atom is -0.457 e. The van der Waals surface area contributed by atoms with E-state index in [9.17, 15) is 9.90 Å². The van der Waals surface area contributed by atoms with Gasteiger partial charge in [-0.3, -0.25) is 0 Å². The minimum absolute atomic E-state index is 0.152. The SMILES string of the molecule is CCOC(=O)C(=[N+]=[N-])[C@@H](O)c1ccccc1. The van der Waals surface area contributed by atoms with Crippen molar-refractivity contribution in [2.75, 3.05) is 6.61 Å². The normalized spacial score (nSPS) is 11.4. The molecule has 0 aliphatic rings. The number of hydrogen-bond acceptors (Lipinski definition) is 3. The first-order valence-corrected chi connectivity index (χ1v) is 4.82. The highest BCUT2D eigenvalue weighted by Gasteiger charge is 2.32. The molecule has 1 aromatic carbocycles. The molecule has 1 aromatic rings. The Balaban J connectivity index is 2.91. The molecule has 0 saturated heterocycles. The molecular weight excluding hydrogens is 208 g/mol. The average molecular weight is 220 g/mol. The van der Waals surface area contributed by atoms with Gasteiger partial charge in [-0.05, 0) is 12.5 Å². The molecule has 0 amide bonds. The van der Waals surface area contributed by atoms with Gasteiger partial charge in [0.25, 0.3) is 0 Å². The summed E-state index contributed by atoms with van der Waals surface area (Å²) >= 11 is 0. The summed E-state index contributed by atoms with van der Waals surface area (Å²) in [7, 11) is 0. The van der Waals surface area contributed by atoms with Crippen LogP contribution in [0.2, 0.25) is 0 Å². The van der Waals surface area contributed by atoms with Gasteiger partial charge in [0.2, 0.25) is 0 Å². The smallest absolute Gasteiger partial charge is 0.420 e. The Kier molecular flexibility index (Phi) is 4.39. The Morgan fingerprint density at radius 3 is 2.62 bits per heavy atom. The summed E-state index contributed by atoms with van der Waals surface area (Å²) in [5.74, 6) is -0.832. The van der Waals surface area contributed by atoms with Gasteiger partial charge in [0.05, 0.1) is 6.61 Å². The van der Waals surface area contributed by atoms with E-state index in [2.05, 4.69) is 9.53 Å². The molecule has 0 saturated carbocycles. The van der Waals surface area contributed by atoms with Crippen molar-refractivity contribution in [2.45, 2.75) is 13.0 Å². The summed E-state index contributed by atoms with van der Waals surface area (Å²) in [6, 6.07) is 8.43. The third kappa shape index (κ3) is 2.76. The van der Waals surface area contributed by atoms with Crippen LogP contribution in [0.5, 0.6) is 0 Å². The second kappa shape index (κ2) is 5.80. The summed E-state index contributed by atoms with van der Waals surface area (Å²) in [6.45, 7) is 1.78. The third-order valence-corrected chi connectivity index (χ3v) is 1.97. The summed E-state index contributed by atoms with van der Waals surface area (Å²) in [5, 5.41) is 9.79. The Labute approximate surface area is 92.9 Å². The van der Waals surface area contributed by atoms with E-state index in [0.717, 1.165) is 0 Å². The lowest BCUT2D eigenvalue weighted by Gasteiger charge is -2.05. The highest BCUT2D eigenvalue weighted by Crippen LogP contribution is 2.13. The zero-order valence-corrected chi connectivity index (χ0v) is 8.83. The lowest BCUT2D eigenvalue weighted by Crippen LogP contribution is -2.25. The van der Waals surface area contributed by atoms with Crippen molar-refractivity contribution in [1.82, 2.24) is 0 Å². The van der Waals surface area contributed by atoms with Gasteiger partial charge in [0.1, 0.15) is 0 Å². The van der Waals surface area contributed by atoms with Crippen LogP contribution in [0.1, 0.15) is 18.6 Å². The molecule has 0 unspecified atom stereocenters. The molecule has 0 fully saturated rings. The van der Waals surface area contributed by atoms with Gasteiger partial charge in [-0.1, -0.05) is 30.3 Å². The monoisotopic (exact) mass is 220 g/mol. The number of hydrogen-bond donors (Lipinski definition) is 1. The lowest BCUT2D eigenvalue weighted by molar-refractivity contribution is -0.141. The maximum atomic E-state index is 11.3. The van der Waals surface area contributed by atoms with Crippen molar-refractivity contribution in [3.8, 4) is 0 Å². The van der Waals surface area contributed by atoms with Crippen LogP contribution in [-0.2, 0) is 9.53 Å². The van der Waals surface area contributed by atoms with Crippen LogP contribution >= 0.6 is 0 Å². The van der Waals surface area contributed by atoms with Crippen molar-refractivity contribution in [3.05, 3.63) is 41.4 Å². The maximum Gasteiger partial charge on any atom is 0.420 e. The van der Waals surface area contributed by atoms with E-state index in [1.54, 1.807) is 37.3 Å². The van der Waals surface area contributed by atoms with E-state index >= 15 is 0 Å². The first-order chi connectivity index (χ1) is 7.70. The summed E-state index contributed by atoms with van der Waals surface area (Å²) in [5.41, 5.74) is 8.72. The second-order valence-corrected chi connectivity index (χ2v) is 3.02. The zero-order chi connectivity index (χ0) is 12.0. The predicted octanol–water partition coefficient (Wildman–Crippen LogP) is 0.954. The van der Waals surface area contributed by atoms with Crippen LogP contribution in [0.15, 0.2) is 30.3 Å². The molecule has 0 aromatic heterocycles. The van der Waals surface area contributed by atoms with Crippen LogP contribution in [0, 0.1) is 0 Å². The fourth-order valence-electron chi connectivity index (χ4n) is 1.21. The Bertz CT molecular complexity index is 410. The average Bonchev–Trinajstić information content (AvgIpc) is 2.31. The largest absolute Gasteiger partial charge is 0.457 e. The Hall–Kier alpha value is -1.97. The highest BCUT2D eigenvalue weighted by atomic mass is 16.5. The number of benzene rings is 1. The number of esters is 1. The van der Waals surface area contributed by atoms with Crippen LogP contribution in [-0.4, -0.2) is 28.2 Å². The third-order valence-electron chi connectivity index (χ3n) is 1.97. The fourth-order valence-corrected chi connectivity index (χ4v) is 1.21. The fraction of sp³-hybridized carbons (Fsp3) is 0.273. The topological polar surface area (TPSA) is 82.9 Å². The van der Waals surface area contributed by atoms with Crippen LogP contribution in [0.4, 0.5) is 0 Å². The van der Waals surface area contributed by atoms with Crippen LogP contribution in [0.25, 0.3) is 5.53 Å². The van der Waals surface area contributed by atoms with Gasteiger partial charge in [-0.2, -0.15) is 4.79 Å². The van der Waals surface area contributed by atoms with Crippen molar-refractivity contribution in [1.29, 1.82) is 0 Å². The first-order valence-electron chi connectivity index (χ1n) is 4.82. The van der Waals surface area contributed by atoms with Gasteiger partial charge in [0.15, 0.2) is 6.10 Å². The molecule has 0 spiro atoms. The van der Waals surface area contributed by atoms with E-state index in [0.29, 0.717) is 5.56 Å². The van der Waals surface area contributed by atoms with Gasteiger partial charge < -0.3 is 15.4 Å². The van der Waals surface area contributed by atoms with Crippen LogP contribution < -0.4 is 0 Å². The summed E-state index contributed by atoms with van der Waals surface area (Å²) in [6.07, 6.45) is -1.29. The summed E-state index contributed by atoms with van der Waals surface area (Å²) < 4.78 is 4.65. The molecule has 84 valence electrons. The number of ether oxygens (including phenoxy) is 1. The standard InChI is InChI=1S/C11H12N2O3/c1-2-16-11(15)9(13-12)10(14)8-6-4-3-5-7-8/h3-7,10,14H,2H2,1H3/t10-/m0/s1. The molecule has 1 atom stereocenters. The molecule has 0 aliphatic heterocycles. The van der Waals surface area contributed by atoms with E-state index < -0.39 is 17.8 Å². The number of rotatable bonds is 4. The second-order valence-electron chi connectivity index (χ2n) is 3.02. The Morgan fingerprint density at radius 1 is 1.50 bits per heavy atom. The summed E-state index contributed by atoms with van der Waals surface area (Å²) in [4.78, 5) is 14.1. The van der Waals surface area contributed by atoms with Crippen molar-refractivity contribution < 1.29 is 19.4 Å².